The van der Waals surface area contributed by atoms with Crippen LogP contribution in [-0.2, 0) is 11.2 Å². The normalized spacial score (nSPS) is 11.0. The molecule has 0 fully saturated rings. The van der Waals surface area contributed by atoms with Crippen LogP contribution in [0.2, 0.25) is 0 Å². The van der Waals surface area contributed by atoms with E-state index in [4.69, 9.17) is 19.2 Å². The average Bonchev–Trinajstić information content (AvgIpc) is 2.84. The first-order valence-electron chi connectivity index (χ1n) is 11.6. The number of aryl methyl sites for hydroxylation is 1. The Morgan fingerprint density at radius 1 is 0.943 bits per heavy atom. The fraction of sp³-hybridized carbons (Fsp3) is 0.286. The first kappa shape index (κ1) is 24.1. The minimum absolute atomic E-state index is 0.0528. The summed E-state index contributed by atoms with van der Waals surface area (Å²) in [5.74, 6) is 1.57. The van der Waals surface area contributed by atoms with Crippen molar-refractivity contribution in [1.82, 2.24) is 10.3 Å². The van der Waals surface area contributed by atoms with Crippen molar-refractivity contribution < 1.29 is 19.0 Å². The number of benzene rings is 3. The summed E-state index contributed by atoms with van der Waals surface area (Å²) in [6, 6.07) is 18.1. The smallest absolute Gasteiger partial charge is 0.407 e. The summed E-state index contributed by atoms with van der Waals surface area (Å²) in [7, 11) is 3.33. The van der Waals surface area contributed by atoms with Crippen LogP contribution in [0.15, 0.2) is 54.6 Å². The number of carbonyl (C=O) groups excluding carboxylic acids is 1. The molecule has 0 aliphatic carbocycles. The van der Waals surface area contributed by atoms with Gasteiger partial charge in [-0.05, 0) is 74.4 Å². The molecule has 0 saturated carbocycles. The Morgan fingerprint density at radius 3 is 2.37 bits per heavy atom. The Labute approximate surface area is 205 Å². The van der Waals surface area contributed by atoms with Crippen LogP contribution in [0.25, 0.3) is 21.8 Å². The zero-order chi connectivity index (χ0) is 24.9. The zero-order valence-electron chi connectivity index (χ0n) is 20.8. The minimum atomic E-state index is -0.393. The summed E-state index contributed by atoms with van der Waals surface area (Å²) in [6.45, 7) is 6.13. The second-order valence-corrected chi connectivity index (χ2v) is 8.72. The van der Waals surface area contributed by atoms with Crippen molar-refractivity contribution in [3.05, 3.63) is 65.7 Å². The molecule has 4 aromatic rings. The van der Waals surface area contributed by atoms with Gasteiger partial charge in [-0.15, -0.1) is 0 Å². The van der Waals surface area contributed by atoms with Crippen molar-refractivity contribution in [3.63, 3.8) is 0 Å². The highest BCUT2D eigenvalue weighted by Gasteiger charge is 2.14. The average molecular weight is 474 g/mol. The Morgan fingerprint density at radius 2 is 1.69 bits per heavy atom. The molecule has 0 atom stereocenters. The van der Waals surface area contributed by atoms with Gasteiger partial charge in [0, 0.05) is 28.9 Å². The van der Waals surface area contributed by atoms with Gasteiger partial charge in [-0.3, -0.25) is 0 Å². The highest BCUT2D eigenvalue weighted by Crippen LogP contribution is 2.37. The third-order valence-electron chi connectivity index (χ3n) is 5.75. The lowest BCUT2D eigenvalue weighted by atomic mass is 10.0. The number of nitrogens with zero attached hydrogens (tertiary/aromatic N) is 1. The summed E-state index contributed by atoms with van der Waals surface area (Å²) in [5.41, 5.74) is 5.74. The third-order valence-corrected chi connectivity index (χ3v) is 5.75. The van der Waals surface area contributed by atoms with Gasteiger partial charge in [0.25, 0.3) is 0 Å². The summed E-state index contributed by atoms with van der Waals surface area (Å²) >= 11 is 0. The van der Waals surface area contributed by atoms with E-state index >= 15 is 0 Å². The van der Waals surface area contributed by atoms with Gasteiger partial charge in [0.2, 0.25) is 0 Å². The van der Waals surface area contributed by atoms with E-state index in [9.17, 15) is 4.79 Å². The molecule has 0 unspecified atom stereocenters. The number of methoxy groups -OCH3 is 2. The quantitative estimate of drug-likeness (QED) is 0.299. The van der Waals surface area contributed by atoms with Crippen LogP contribution in [0.4, 0.5) is 16.2 Å². The maximum atomic E-state index is 11.7. The number of carbonyl (C=O) groups is 1. The Hall–Kier alpha value is -4.00. The lowest BCUT2D eigenvalue weighted by Gasteiger charge is -2.16. The second kappa shape index (κ2) is 10.5. The number of hydrogen-bond donors (Lipinski definition) is 2. The maximum absolute atomic E-state index is 11.7. The Bertz CT molecular complexity index is 1350. The van der Waals surface area contributed by atoms with Gasteiger partial charge in [0.05, 0.1) is 37.5 Å². The Kier molecular flexibility index (Phi) is 7.25. The second-order valence-electron chi connectivity index (χ2n) is 8.72. The van der Waals surface area contributed by atoms with Gasteiger partial charge in [0.1, 0.15) is 11.5 Å². The molecule has 0 saturated heterocycles. The highest BCUT2D eigenvalue weighted by atomic mass is 16.5. The maximum Gasteiger partial charge on any atom is 0.407 e. The van der Waals surface area contributed by atoms with E-state index in [0.717, 1.165) is 55.8 Å². The molecule has 1 heterocycles. The summed E-state index contributed by atoms with van der Waals surface area (Å²) in [6.07, 6.45) is 0.247. The molecule has 0 radical (unpaired) electrons. The van der Waals surface area contributed by atoms with Gasteiger partial charge in [0.15, 0.2) is 0 Å². The number of anilines is 2. The standard InChI is InChI=1S/C28H31N3O4/c1-17(2)29-28(32)35-13-12-19-6-8-20(9-7-19)30-27-22-15-21(33-4)10-11-24(22)31-25-14-18(3)26(34-5)16-23(25)27/h6-11,14-17H,12-13H2,1-5H3,(H,29,32)(H,30,31). The van der Waals surface area contributed by atoms with E-state index in [1.807, 2.05) is 75.4 Å². The number of ether oxygens (including phenoxy) is 3. The molecule has 0 bridgehead atoms. The van der Waals surface area contributed by atoms with Crippen LogP contribution in [0, 0.1) is 6.92 Å². The predicted molar refractivity (Wildman–Crippen MR) is 140 cm³/mol. The van der Waals surface area contributed by atoms with Gasteiger partial charge in [-0.1, -0.05) is 12.1 Å². The number of aromatic nitrogens is 1. The molecule has 0 aliphatic heterocycles. The van der Waals surface area contributed by atoms with Gasteiger partial charge in [-0.2, -0.15) is 0 Å². The van der Waals surface area contributed by atoms with Crippen LogP contribution in [-0.4, -0.2) is 37.9 Å². The third kappa shape index (κ3) is 5.57. The molecular weight excluding hydrogens is 442 g/mol. The monoisotopic (exact) mass is 473 g/mol. The highest BCUT2D eigenvalue weighted by molar-refractivity contribution is 6.09. The van der Waals surface area contributed by atoms with Crippen LogP contribution in [0.5, 0.6) is 11.5 Å². The number of amides is 1. The van der Waals surface area contributed by atoms with E-state index in [1.165, 1.54) is 0 Å². The Balaban J connectivity index is 1.63. The van der Waals surface area contributed by atoms with Crippen LogP contribution >= 0.6 is 0 Å². The van der Waals surface area contributed by atoms with Gasteiger partial charge >= 0.3 is 6.09 Å². The topological polar surface area (TPSA) is 81.7 Å². The van der Waals surface area contributed by atoms with Crippen LogP contribution < -0.4 is 20.1 Å². The predicted octanol–water partition coefficient (Wildman–Crippen LogP) is 6.13. The molecule has 0 aliphatic rings. The molecule has 1 amide bonds. The van der Waals surface area contributed by atoms with Crippen molar-refractivity contribution >= 4 is 39.3 Å². The molecule has 182 valence electrons. The fourth-order valence-electron chi connectivity index (χ4n) is 3.97. The number of alkyl carbamates (subject to hydrolysis) is 1. The fourth-order valence-corrected chi connectivity index (χ4v) is 3.97. The van der Waals surface area contributed by atoms with E-state index < -0.39 is 6.09 Å². The summed E-state index contributed by atoms with van der Waals surface area (Å²) < 4.78 is 16.3. The first-order chi connectivity index (χ1) is 16.9. The van der Waals surface area contributed by atoms with E-state index in [2.05, 4.69) is 10.6 Å². The van der Waals surface area contributed by atoms with E-state index in [0.29, 0.717) is 13.0 Å². The van der Waals surface area contributed by atoms with Crippen molar-refractivity contribution in [1.29, 1.82) is 0 Å². The molecule has 7 heteroatoms. The molecular formula is C28H31N3O4. The minimum Gasteiger partial charge on any atom is -0.497 e. The largest absolute Gasteiger partial charge is 0.497 e. The van der Waals surface area contributed by atoms with Crippen molar-refractivity contribution in [2.24, 2.45) is 0 Å². The molecule has 35 heavy (non-hydrogen) atoms. The molecule has 7 nitrogen and oxygen atoms in total. The van der Waals surface area contributed by atoms with Crippen molar-refractivity contribution in [2.75, 3.05) is 26.1 Å². The van der Waals surface area contributed by atoms with Gasteiger partial charge in [-0.25, -0.2) is 9.78 Å². The molecule has 3 aromatic carbocycles. The van der Waals surface area contributed by atoms with E-state index in [-0.39, 0.29) is 6.04 Å². The SMILES string of the molecule is COc1ccc2nc3cc(C)c(OC)cc3c(Nc3ccc(CCOC(=O)NC(C)C)cc3)c2c1. The molecule has 2 N–H and O–H groups in total. The lowest BCUT2D eigenvalue weighted by molar-refractivity contribution is 0.145. The first-order valence-corrected chi connectivity index (χ1v) is 11.6. The number of hydrogen-bond acceptors (Lipinski definition) is 6. The number of fused-ring (bicyclic) bond motifs is 2. The number of rotatable bonds is 8. The number of pyridine rings is 1. The lowest BCUT2D eigenvalue weighted by Crippen LogP contribution is -2.31. The molecule has 1 aromatic heterocycles. The molecule has 4 rings (SSSR count). The van der Waals surface area contributed by atoms with Gasteiger partial charge < -0.3 is 24.8 Å². The zero-order valence-corrected chi connectivity index (χ0v) is 20.8. The van der Waals surface area contributed by atoms with E-state index in [1.54, 1.807) is 14.2 Å². The van der Waals surface area contributed by atoms with Crippen LogP contribution in [0.1, 0.15) is 25.0 Å². The summed E-state index contributed by atoms with van der Waals surface area (Å²) in [4.78, 5) is 16.5. The molecule has 0 spiro atoms. The van der Waals surface area contributed by atoms with Crippen LogP contribution in [0.3, 0.4) is 0 Å². The van der Waals surface area contributed by atoms with Crippen molar-refractivity contribution in [2.45, 2.75) is 33.2 Å². The summed E-state index contributed by atoms with van der Waals surface area (Å²) in [5, 5.41) is 8.22. The van der Waals surface area contributed by atoms with Crippen molar-refractivity contribution in [3.8, 4) is 11.5 Å². The number of nitrogens with one attached hydrogen (secondary N) is 2.